The summed E-state index contributed by atoms with van der Waals surface area (Å²) in [7, 11) is -9.96. The van der Waals surface area contributed by atoms with E-state index in [1.807, 2.05) is 0 Å². The van der Waals surface area contributed by atoms with E-state index in [0.29, 0.717) is 0 Å². The molecule has 0 bridgehead atoms. The summed E-state index contributed by atoms with van der Waals surface area (Å²) in [6.07, 6.45) is 4.94. The predicted octanol–water partition coefficient (Wildman–Crippen LogP) is 2.77. The Morgan fingerprint density at radius 2 is 1.42 bits per heavy atom. The number of rotatable bonds is 22. The third kappa shape index (κ3) is 13.8. The second kappa shape index (κ2) is 22.2. The van der Waals surface area contributed by atoms with Crippen LogP contribution in [0.25, 0.3) is 11.2 Å². The number of hydrogen-bond acceptors (Lipinski definition) is 16. The number of anilines is 2. The molecule has 0 aliphatic carbocycles. The highest BCUT2D eigenvalue weighted by atomic mass is 31.2. The number of phosphoric acid groups is 2. The van der Waals surface area contributed by atoms with Crippen LogP contribution in [0.1, 0.15) is 97.9 Å². The van der Waals surface area contributed by atoms with Gasteiger partial charge in [-0.15, -0.1) is 0 Å². The van der Waals surface area contributed by atoms with Crippen LogP contribution in [-0.4, -0.2) is 128 Å². The summed E-state index contributed by atoms with van der Waals surface area (Å²) >= 11 is 0. The van der Waals surface area contributed by atoms with Gasteiger partial charge in [0.1, 0.15) is 54.4 Å². The van der Waals surface area contributed by atoms with Gasteiger partial charge < -0.3 is 50.3 Å². The fourth-order valence-corrected chi connectivity index (χ4v) is 8.42. The van der Waals surface area contributed by atoms with E-state index in [4.69, 9.17) is 39.8 Å². The van der Waals surface area contributed by atoms with Crippen molar-refractivity contribution in [2.75, 3.05) is 50.9 Å². The Kier molecular flexibility index (Phi) is 18.4. The lowest BCUT2D eigenvalue weighted by Crippen LogP contribution is -2.50. The number of aromatic nitrogens is 6. The number of unbranched alkanes of at least 4 members (excludes halogenated alkanes) is 4. The average Bonchev–Trinajstić information content (AvgIpc) is 3.88. The van der Waals surface area contributed by atoms with Gasteiger partial charge in [0, 0.05) is 12.6 Å². The maximum Gasteiger partial charge on any atom is 0.472 e. The highest BCUT2D eigenvalue weighted by Gasteiger charge is 2.47. The zero-order chi connectivity index (χ0) is 43.4. The summed E-state index contributed by atoms with van der Waals surface area (Å²) in [6.45, 7) is 13.5. The van der Waals surface area contributed by atoms with E-state index in [1.54, 1.807) is 0 Å². The molecule has 334 valence electrons. The summed E-state index contributed by atoms with van der Waals surface area (Å²) in [4.78, 5) is 56.3. The molecule has 3 aromatic heterocycles. The SMILES string of the molecule is CCCC[N+](CCCC)(CCCC)CCCC.Nc1ccn([C@H]2C[C@H](OP(=O)(O)OC[C@H]3O[C@@H](n4cnc5c(N)ncnc54)[C@H](O)[C@@H]3O)[C@@H](COP(=O)(O)O)O2)c(=O)n1. The minimum absolute atomic E-state index is 0.0704. The first-order valence-corrected chi connectivity index (χ1v) is 23.1. The van der Waals surface area contributed by atoms with Gasteiger partial charge in [0.2, 0.25) is 0 Å². The molecule has 9 N–H and O–H groups in total. The Balaban J connectivity index is 0.000000383. The molecule has 0 spiro atoms. The quantitative estimate of drug-likeness (QED) is 0.0564. The molecule has 2 fully saturated rings. The Labute approximate surface area is 343 Å². The maximum atomic E-state index is 12.9. The predicted molar refractivity (Wildman–Crippen MR) is 215 cm³/mol. The van der Waals surface area contributed by atoms with E-state index in [1.165, 1.54) is 112 Å². The van der Waals surface area contributed by atoms with Crippen molar-refractivity contribution in [3.8, 4) is 0 Å². The lowest BCUT2D eigenvalue weighted by atomic mass is 10.1. The van der Waals surface area contributed by atoms with E-state index in [0.717, 1.165) is 4.57 Å². The van der Waals surface area contributed by atoms with Crippen molar-refractivity contribution in [2.24, 2.45) is 0 Å². The number of nitrogen functional groups attached to an aromatic ring is 2. The fourth-order valence-electron chi connectivity index (χ4n) is 7.11. The molecule has 22 nitrogen and oxygen atoms in total. The largest absolute Gasteiger partial charge is 0.472 e. The number of hydrogen-bond donors (Lipinski definition) is 7. The van der Waals surface area contributed by atoms with Gasteiger partial charge in [-0.2, -0.15) is 4.98 Å². The summed E-state index contributed by atoms with van der Waals surface area (Å²) in [6, 6.07) is 1.29. The Bertz CT molecular complexity index is 1880. The van der Waals surface area contributed by atoms with E-state index in [-0.39, 0.29) is 29.2 Å². The van der Waals surface area contributed by atoms with Crippen molar-refractivity contribution >= 4 is 38.4 Å². The van der Waals surface area contributed by atoms with Gasteiger partial charge in [-0.1, -0.05) is 53.4 Å². The average molecular weight is 879 g/mol. The lowest BCUT2D eigenvalue weighted by molar-refractivity contribution is -0.929. The van der Waals surface area contributed by atoms with Crippen LogP contribution in [0.15, 0.2) is 29.7 Å². The molecule has 24 heteroatoms. The van der Waals surface area contributed by atoms with Crippen molar-refractivity contribution < 1.29 is 61.6 Å². The van der Waals surface area contributed by atoms with Crippen molar-refractivity contribution in [1.82, 2.24) is 29.1 Å². The topological polar surface area (TPSA) is 312 Å². The number of phosphoric ester groups is 2. The Morgan fingerprint density at radius 3 is 1.98 bits per heavy atom. The first kappa shape index (κ1) is 48.7. The molecule has 8 atom stereocenters. The number of aliphatic hydroxyl groups excluding tert-OH is 2. The third-order valence-electron chi connectivity index (χ3n) is 10.4. The number of nitrogens with zero attached hydrogens (tertiary/aromatic N) is 7. The highest BCUT2D eigenvalue weighted by molar-refractivity contribution is 7.47. The minimum Gasteiger partial charge on any atom is -0.387 e. The summed E-state index contributed by atoms with van der Waals surface area (Å²) in [5.74, 6) is 0.00388. The molecule has 5 heterocycles. The van der Waals surface area contributed by atoms with Crippen LogP contribution >= 0.6 is 15.6 Å². The van der Waals surface area contributed by atoms with Gasteiger partial charge in [-0.05, 0) is 31.7 Å². The van der Waals surface area contributed by atoms with E-state index in [9.17, 15) is 29.0 Å². The third-order valence-corrected chi connectivity index (χ3v) is 11.9. The van der Waals surface area contributed by atoms with Gasteiger partial charge in [-0.25, -0.2) is 28.9 Å². The minimum atomic E-state index is -4.99. The molecule has 5 rings (SSSR count). The monoisotopic (exact) mass is 878 g/mol. The van der Waals surface area contributed by atoms with Crippen molar-refractivity contribution in [2.45, 2.75) is 128 Å². The van der Waals surface area contributed by atoms with Crippen molar-refractivity contribution in [3.05, 3.63) is 35.4 Å². The zero-order valence-electron chi connectivity index (χ0n) is 34.1. The number of quaternary nitrogens is 1. The Morgan fingerprint density at radius 1 is 0.831 bits per heavy atom. The molecule has 59 heavy (non-hydrogen) atoms. The van der Waals surface area contributed by atoms with E-state index in [2.05, 4.69) is 52.2 Å². The molecule has 1 unspecified atom stereocenters. The van der Waals surface area contributed by atoms with Gasteiger partial charge in [0.25, 0.3) is 0 Å². The molecular formula is C35H62N9O13P2+. The van der Waals surface area contributed by atoms with Gasteiger partial charge in [-0.3, -0.25) is 22.7 Å². The molecule has 3 aromatic rings. The second-order valence-electron chi connectivity index (χ2n) is 14.9. The first-order valence-electron chi connectivity index (χ1n) is 20.1. The van der Waals surface area contributed by atoms with Gasteiger partial charge >= 0.3 is 21.3 Å². The molecular weight excluding hydrogens is 816 g/mol. The number of ether oxygens (including phenoxy) is 2. The normalized spacial score (nSPS) is 24.6. The molecule has 0 saturated carbocycles. The van der Waals surface area contributed by atoms with Crippen LogP contribution in [-0.2, 0) is 32.2 Å². The van der Waals surface area contributed by atoms with E-state index < -0.39 is 77.5 Å². The van der Waals surface area contributed by atoms with Crippen LogP contribution in [0.4, 0.5) is 11.6 Å². The highest BCUT2D eigenvalue weighted by Crippen LogP contribution is 2.49. The number of fused-ring (bicyclic) bond motifs is 1. The Hall–Kier alpha value is -2.95. The molecule has 2 aliphatic heterocycles. The summed E-state index contributed by atoms with van der Waals surface area (Å²) < 4.78 is 53.7. The molecule has 0 radical (unpaired) electrons. The van der Waals surface area contributed by atoms with Crippen LogP contribution in [0.3, 0.4) is 0 Å². The smallest absolute Gasteiger partial charge is 0.387 e. The first-order chi connectivity index (χ1) is 28.0. The summed E-state index contributed by atoms with van der Waals surface area (Å²) in [5.41, 5.74) is 10.9. The molecule has 0 amide bonds. The van der Waals surface area contributed by atoms with Crippen LogP contribution in [0.2, 0.25) is 0 Å². The number of imidazole rings is 1. The zero-order valence-corrected chi connectivity index (χ0v) is 35.9. The molecule has 2 saturated heterocycles. The molecule has 0 aromatic carbocycles. The van der Waals surface area contributed by atoms with Crippen molar-refractivity contribution in [1.29, 1.82) is 0 Å². The number of aliphatic hydroxyl groups is 2. The maximum absolute atomic E-state index is 12.9. The summed E-state index contributed by atoms with van der Waals surface area (Å²) in [5, 5.41) is 21.1. The fraction of sp³-hybridized carbons (Fsp3) is 0.743. The molecule has 2 aliphatic rings. The van der Waals surface area contributed by atoms with Crippen molar-refractivity contribution in [3.63, 3.8) is 0 Å². The van der Waals surface area contributed by atoms with Gasteiger partial charge in [0.05, 0.1) is 45.7 Å². The lowest BCUT2D eigenvalue weighted by Gasteiger charge is -2.39. The van der Waals surface area contributed by atoms with Gasteiger partial charge in [0.15, 0.2) is 17.7 Å². The van der Waals surface area contributed by atoms with Crippen LogP contribution in [0.5, 0.6) is 0 Å². The van der Waals surface area contributed by atoms with Crippen LogP contribution in [0, 0.1) is 0 Å². The second-order valence-corrected chi connectivity index (χ2v) is 17.5. The van der Waals surface area contributed by atoms with Crippen LogP contribution < -0.4 is 17.2 Å². The number of nitrogens with two attached hydrogens (primary N) is 2. The standard InChI is InChI=1S/C19H26N8O13P2.C16H36N/c20-11-1-2-26(19(30)25-11)12-3-8(9(38-12)4-36-41(31,32)33)40-42(34,35)37-5-10-14(28)15(29)18(39-10)27-7-24-13-16(21)22-6-23-17(13)27;1-5-9-13-17(14-10-6-2,15-11-7-3)16-12-8-4/h1-2,6-10,12,14-15,18,28-29H,3-5H2,(H,34,35)(H2,20,25,30)(H2,21,22,23)(H2,31,32,33);5-16H2,1-4H3/q;+1/t8-,9+,10+,12+,14+,15+,18+;/m0./s1. The van der Waals surface area contributed by atoms with E-state index >= 15 is 0 Å².